The fourth-order valence-electron chi connectivity index (χ4n) is 4.35. The molecule has 0 aromatic heterocycles. The van der Waals surface area contributed by atoms with Gasteiger partial charge in [0.1, 0.15) is 0 Å². The summed E-state index contributed by atoms with van der Waals surface area (Å²) in [6.07, 6.45) is 4.28. The largest absolute Gasteiger partial charge is 0.273 e. The average Bonchev–Trinajstić information content (AvgIpc) is 3.15. The number of carbonyl (C=O) groups is 1. The number of hydrogen-bond acceptors (Lipinski definition) is 6. The number of allylic oxidation sites excluding steroid dienone is 1. The van der Waals surface area contributed by atoms with Gasteiger partial charge in [-0.3, -0.25) is 25.0 Å². The molecule has 2 aromatic carbocycles. The standard InChI is InChI=1S/C22H20N4O5/c1-14(27)24-22(17-7-3-9-19(13-17)26(30)31)20-10-4-6-16(21(20)23-24)11-15-5-2-8-18(12-15)25(28)29/h2-3,5,7-9,11-13,20,22H,4,6,10H2,1H3/b16-11+/t20-,22-/m1/s1. The third-order valence-corrected chi connectivity index (χ3v) is 5.67. The van der Waals surface area contributed by atoms with E-state index >= 15 is 0 Å². The average molecular weight is 420 g/mol. The van der Waals surface area contributed by atoms with Gasteiger partial charge in [-0.25, -0.2) is 5.01 Å². The van der Waals surface area contributed by atoms with Crippen LogP contribution in [0.1, 0.15) is 43.4 Å². The Morgan fingerprint density at radius 1 is 1.10 bits per heavy atom. The first-order valence-electron chi connectivity index (χ1n) is 9.93. The maximum atomic E-state index is 12.4. The minimum atomic E-state index is -0.452. The van der Waals surface area contributed by atoms with Crippen molar-refractivity contribution in [1.29, 1.82) is 0 Å². The van der Waals surface area contributed by atoms with Crippen LogP contribution in [0.5, 0.6) is 0 Å². The Bertz CT molecular complexity index is 1140. The fraction of sp³-hybridized carbons (Fsp3) is 0.273. The highest BCUT2D eigenvalue weighted by molar-refractivity contribution is 6.08. The van der Waals surface area contributed by atoms with Gasteiger partial charge in [-0.05, 0) is 42.0 Å². The molecule has 0 N–H and O–H groups in total. The van der Waals surface area contributed by atoms with Crippen molar-refractivity contribution in [1.82, 2.24) is 5.01 Å². The minimum absolute atomic E-state index is 0.00917. The van der Waals surface area contributed by atoms with Crippen LogP contribution in [0.4, 0.5) is 11.4 Å². The molecule has 1 heterocycles. The Morgan fingerprint density at radius 2 is 1.77 bits per heavy atom. The molecule has 9 nitrogen and oxygen atoms in total. The van der Waals surface area contributed by atoms with Crippen molar-refractivity contribution in [2.75, 3.05) is 0 Å². The third-order valence-electron chi connectivity index (χ3n) is 5.67. The second-order valence-electron chi connectivity index (χ2n) is 7.67. The lowest BCUT2D eigenvalue weighted by Gasteiger charge is -2.29. The Kier molecular flexibility index (Phi) is 5.33. The van der Waals surface area contributed by atoms with E-state index in [9.17, 15) is 25.0 Å². The molecule has 2 atom stereocenters. The van der Waals surface area contributed by atoms with E-state index in [1.165, 1.54) is 36.2 Å². The number of nitrogens with zero attached hydrogens (tertiary/aromatic N) is 4. The Labute approximate surface area is 178 Å². The van der Waals surface area contributed by atoms with Gasteiger partial charge in [0, 0.05) is 37.1 Å². The molecule has 4 rings (SSSR count). The molecule has 9 heteroatoms. The van der Waals surface area contributed by atoms with E-state index in [0.29, 0.717) is 11.1 Å². The van der Waals surface area contributed by atoms with E-state index < -0.39 is 15.9 Å². The topological polar surface area (TPSA) is 119 Å². The SMILES string of the molecule is CC(=O)N1N=C2/C(=C/c3cccc([N+](=O)[O-])c3)CCC[C@H]2[C@H]1c1cccc([N+](=O)[O-])c1. The number of fused-ring (bicyclic) bond motifs is 1. The lowest BCUT2D eigenvalue weighted by atomic mass is 9.77. The Morgan fingerprint density at radius 3 is 2.45 bits per heavy atom. The molecule has 0 bridgehead atoms. The second kappa shape index (κ2) is 8.10. The summed E-state index contributed by atoms with van der Waals surface area (Å²) in [4.78, 5) is 33.8. The summed E-state index contributed by atoms with van der Waals surface area (Å²) < 4.78 is 0. The van der Waals surface area contributed by atoms with Gasteiger partial charge >= 0.3 is 0 Å². The number of non-ortho nitro benzene ring substituents is 2. The zero-order valence-electron chi connectivity index (χ0n) is 16.8. The predicted octanol–water partition coefficient (Wildman–Crippen LogP) is 4.65. The number of carbonyl (C=O) groups excluding carboxylic acids is 1. The number of rotatable bonds is 4. The lowest BCUT2D eigenvalue weighted by molar-refractivity contribution is -0.385. The molecule has 1 saturated carbocycles. The molecule has 2 aliphatic rings. The number of nitro groups is 2. The molecule has 1 amide bonds. The quantitative estimate of drug-likeness (QED) is 0.527. The van der Waals surface area contributed by atoms with Gasteiger partial charge in [0.15, 0.2) is 0 Å². The van der Waals surface area contributed by atoms with E-state index in [-0.39, 0.29) is 23.2 Å². The van der Waals surface area contributed by atoms with Crippen molar-refractivity contribution in [3.63, 3.8) is 0 Å². The highest BCUT2D eigenvalue weighted by atomic mass is 16.6. The van der Waals surface area contributed by atoms with Gasteiger partial charge in [-0.1, -0.05) is 24.3 Å². The summed E-state index contributed by atoms with van der Waals surface area (Å²) >= 11 is 0. The van der Waals surface area contributed by atoms with Gasteiger partial charge < -0.3 is 0 Å². The van der Waals surface area contributed by atoms with Crippen molar-refractivity contribution in [3.05, 3.63) is 85.5 Å². The molecule has 0 radical (unpaired) electrons. The van der Waals surface area contributed by atoms with E-state index in [2.05, 4.69) is 5.10 Å². The molecule has 1 fully saturated rings. The number of amides is 1. The summed E-state index contributed by atoms with van der Waals surface area (Å²) in [5.74, 6) is -0.335. The van der Waals surface area contributed by atoms with Crippen LogP contribution >= 0.6 is 0 Å². The van der Waals surface area contributed by atoms with Crippen LogP contribution in [0.25, 0.3) is 6.08 Å². The molecular formula is C22H20N4O5. The Hall–Kier alpha value is -3.88. The van der Waals surface area contributed by atoms with Crippen LogP contribution in [0.2, 0.25) is 0 Å². The Balaban J connectivity index is 1.74. The maximum Gasteiger partial charge on any atom is 0.270 e. The maximum absolute atomic E-state index is 12.4. The fourth-order valence-corrected chi connectivity index (χ4v) is 4.35. The predicted molar refractivity (Wildman–Crippen MR) is 114 cm³/mol. The van der Waals surface area contributed by atoms with Crippen LogP contribution in [0.3, 0.4) is 0 Å². The van der Waals surface area contributed by atoms with Crippen molar-refractivity contribution in [2.45, 2.75) is 32.2 Å². The third kappa shape index (κ3) is 3.94. The first-order chi connectivity index (χ1) is 14.8. The number of benzene rings is 2. The zero-order chi connectivity index (χ0) is 22.1. The molecule has 0 spiro atoms. The molecule has 158 valence electrons. The molecule has 1 aliphatic heterocycles. The van der Waals surface area contributed by atoms with Crippen molar-refractivity contribution in [3.8, 4) is 0 Å². The number of nitro benzene ring substituents is 2. The van der Waals surface area contributed by atoms with Crippen LogP contribution in [-0.4, -0.2) is 26.5 Å². The summed E-state index contributed by atoms with van der Waals surface area (Å²) in [7, 11) is 0. The number of hydrogen-bond donors (Lipinski definition) is 0. The van der Waals surface area contributed by atoms with Crippen LogP contribution in [-0.2, 0) is 4.79 Å². The molecule has 31 heavy (non-hydrogen) atoms. The molecule has 2 aromatic rings. The highest BCUT2D eigenvalue weighted by Crippen LogP contribution is 2.44. The van der Waals surface area contributed by atoms with E-state index in [1.807, 2.05) is 6.08 Å². The normalized spacial score (nSPS) is 21.5. The van der Waals surface area contributed by atoms with Crippen molar-refractivity contribution >= 4 is 29.1 Å². The van der Waals surface area contributed by atoms with Crippen LogP contribution < -0.4 is 0 Å². The highest BCUT2D eigenvalue weighted by Gasteiger charge is 2.43. The first kappa shape index (κ1) is 20.4. The summed E-state index contributed by atoms with van der Waals surface area (Å²) in [5, 5.41) is 28.3. The second-order valence-corrected chi connectivity index (χ2v) is 7.67. The zero-order valence-corrected chi connectivity index (χ0v) is 16.8. The van der Waals surface area contributed by atoms with Gasteiger partial charge in [0.2, 0.25) is 5.91 Å². The number of hydrazone groups is 1. The van der Waals surface area contributed by atoms with Gasteiger partial charge in [0.25, 0.3) is 11.4 Å². The smallest absolute Gasteiger partial charge is 0.270 e. The minimum Gasteiger partial charge on any atom is -0.273 e. The van der Waals surface area contributed by atoms with Gasteiger partial charge in [-0.2, -0.15) is 5.10 Å². The molecule has 0 unspecified atom stereocenters. The van der Waals surface area contributed by atoms with Crippen molar-refractivity contribution < 1.29 is 14.6 Å². The van der Waals surface area contributed by atoms with Crippen LogP contribution in [0, 0.1) is 26.1 Å². The van der Waals surface area contributed by atoms with Gasteiger partial charge in [0.05, 0.1) is 21.6 Å². The molecule has 0 saturated heterocycles. The summed E-state index contributed by atoms with van der Waals surface area (Å²) in [5.41, 5.74) is 3.04. The first-order valence-corrected chi connectivity index (χ1v) is 9.93. The molecular weight excluding hydrogens is 400 g/mol. The molecule has 1 aliphatic carbocycles. The monoisotopic (exact) mass is 420 g/mol. The van der Waals surface area contributed by atoms with Crippen molar-refractivity contribution in [2.24, 2.45) is 11.0 Å². The van der Waals surface area contributed by atoms with Gasteiger partial charge in [-0.15, -0.1) is 0 Å². The van der Waals surface area contributed by atoms with E-state index in [4.69, 9.17) is 0 Å². The summed E-state index contributed by atoms with van der Waals surface area (Å²) in [6.45, 7) is 1.43. The lowest BCUT2D eigenvalue weighted by Crippen LogP contribution is -2.30. The summed E-state index contributed by atoms with van der Waals surface area (Å²) in [6, 6.07) is 12.3. The van der Waals surface area contributed by atoms with E-state index in [1.54, 1.807) is 24.3 Å². The van der Waals surface area contributed by atoms with Crippen LogP contribution in [0.15, 0.2) is 59.2 Å². The van der Waals surface area contributed by atoms with E-state index in [0.717, 1.165) is 30.5 Å².